The highest BCUT2D eigenvalue weighted by atomic mass is 32.1. The van der Waals surface area contributed by atoms with Gasteiger partial charge in [-0.3, -0.25) is 0 Å². The summed E-state index contributed by atoms with van der Waals surface area (Å²) in [5.74, 6) is 0. The topological polar surface area (TPSA) is 51.6 Å². The Kier molecular flexibility index (Phi) is 34.9. The molecule has 0 radical (unpaired) electrons. The molecule has 8 heteroatoms. The van der Waals surface area contributed by atoms with Crippen LogP contribution >= 0.6 is 46.1 Å². The summed E-state index contributed by atoms with van der Waals surface area (Å²) in [6, 6.07) is 10.3. The second kappa shape index (κ2) is 43.3. The van der Waals surface area contributed by atoms with Crippen molar-refractivity contribution >= 4 is 79.0 Å². The molecule has 7 aromatic rings. The van der Waals surface area contributed by atoms with E-state index in [2.05, 4.69) is 102 Å². The highest BCUT2D eigenvalue weighted by Gasteiger charge is 2.52. The Hall–Kier alpha value is -3.04. The average Bonchev–Trinajstić information content (AvgIpc) is 1.51. The van der Waals surface area contributed by atoms with Crippen LogP contribution in [-0.4, -0.2) is 17.5 Å². The van der Waals surface area contributed by atoms with Gasteiger partial charge in [0.15, 0.2) is 0 Å². The van der Waals surface area contributed by atoms with Crippen LogP contribution < -0.4 is 0 Å². The second-order valence-corrected chi connectivity index (χ2v) is 35.3. The molecule has 0 fully saturated rings. The lowest BCUT2D eigenvalue weighted by atomic mass is 9.66. The Labute approximate surface area is 617 Å². The minimum Gasteiger partial charge on any atom is -0.173 e. The minimum atomic E-state index is -0.0415. The SMILES string of the molecule is CCCCCCCCCCCCCCCC1(CCCCCCCCCCCCCCC)c2cc(C)sc2-c2c(C)c3c(c(C)c21)-c1sc(-c2cc4c(cc(C)c5nsnc54)c4nsnc24)cc1C3(CCCCCCCCCCCCCCC)CCCCCCCCCCCCCCC. The van der Waals surface area contributed by atoms with Gasteiger partial charge in [0.1, 0.15) is 22.1 Å². The van der Waals surface area contributed by atoms with Gasteiger partial charge in [-0.05, 0) is 128 Å². The molecule has 0 N–H and O–H groups in total. The van der Waals surface area contributed by atoms with Crippen LogP contribution in [0.5, 0.6) is 0 Å². The van der Waals surface area contributed by atoms with E-state index >= 15 is 0 Å². The van der Waals surface area contributed by atoms with Gasteiger partial charge in [0.25, 0.3) is 0 Å². The van der Waals surface area contributed by atoms with Gasteiger partial charge in [-0.15, -0.1) is 22.7 Å². The molecule has 98 heavy (non-hydrogen) atoms. The van der Waals surface area contributed by atoms with Crippen molar-refractivity contribution in [2.24, 2.45) is 0 Å². The second-order valence-electron chi connectivity index (χ2n) is 32.0. The summed E-state index contributed by atoms with van der Waals surface area (Å²) in [6.07, 6.45) is 77.8. The van der Waals surface area contributed by atoms with Gasteiger partial charge in [0.05, 0.1) is 23.5 Å². The average molecular weight is 1410 g/mol. The molecule has 2 aliphatic carbocycles. The predicted octanol–water partition coefficient (Wildman–Crippen LogP) is 32.3. The zero-order valence-electron chi connectivity index (χ0n) is 64.3. The van der Waals surface area contributed by atoms with E-state index in [1.165, 1.54) is 409 Å². The summed E-state index contributed by atoms with van der Waals surface area (Å²) in [7, 11) is 0. The zero-order chi connectivity index (χ0) is 68.6. The third-order valence-corrected chi connectivity index (χ3v) is 27.5. The molecule has 9 rings (SSSR count). The molecule has 0 aliphatic heterocycles. The molecule has 2 aliphatic rings. The molecule has 3 aromatic carbocycles. The first-order chi connectivity index (χ1) is 48.2. The zero-order valence-corrected chi connectivity index (χ0v) is 67.6. The van der Waals surface area contributed by atoms with E-state index in [4.69, 9.17) is 17.5 Å². The lowest BCUT2D eigenvalue weighted by Crippen LogP contribution is -2.29. The summed E-state index contributed by atoms with van der Waals surface area (Å²) < 4.78 is 20.2. The standard InChI is InChI=1S/C90H140N4S4/c1-9-13-17-21-25-29-33-37-41-45-49-53-57-61-89(62-58-54-50-46-42-38-34-30-26-22-18-14-10-2)76-66-70(6)95-87(76)79-71(7)82-80(72(8)81(79)89)88-77(68-78(96-88)75-67-74-73(85-86(75)94-98-93-85)65-69(5)83-84(74)92-97-91-83)90(82,63-59-55-51-47-43-39-35-31-27-23-19-15-11-3)64-60-56-52-48-44-40-36-32-28-24-20-16-12-4/h65-68H,9-64H2,1-8H3. The number of aromatic nitrogens is 4. The van der Waals surface area contributed by atoms with Crippen molar-refractivity contribution in [3.05, 3.63) is 68.1 Å². The molecule has 0 bridgehead atoms. The van der Waals surface area contributed by atoms with E-state index in [1.807, 2.05) is 0 Å². The van der Waals surface area contributed by atoms with Gasteiger partial charge >= 0.3 is 0 Å². The van der Waals surface area contributed by atoms with Crippen molar-refractivity contribution in [2.75, 3.05) is 0 Å². The first kappa shape index (κ1) is 79.1. The van der Waals surface area contributed by atoms with E-state index in [0.717, 1.165) is 27.5 Å². The van der Waals surface area contributed by atoms with Crippen molar-refractivity contribution in [3.8, 4) is 31.3 Å². The molecule has 544 valence electrons. The fourth-order valence-corrected chi connectivity index (χ4v) is 22.4. The number of rotatable bonds is 57. The molecule has 0 spiro atoms. The summed E-state index contributed by atoms with van der Waals surface area (Å²) >= 11 is 7.01. The molecule has 0 saturated heterocycles. The van der Waals surface area contributed by atoms with Crippen LogP contribution in [0.4, 0.5) is 0 Å². The Morgan fingerprint density at radius 1 is 0.286 bits per heavy atom. The Morgan fingerprint density at radius 3 is 0.908 bits per heavy atom. The maximum Gasteiger partial charge on any atom is 0.114 e. The molecule has 0 atom stereocenters. The first-order valence-corrected chi connectivity index (χ1v) is 45.6. The molecule has 4 aromatic heterocycles. The van der Waals surface area contributed by atoms with Crippen LogP contribution in [0.1, 0.15) is 431 Å². The molecular weight excluding hydrogens is 1270 g/mol. The number of hydrogen-bond acceptors (Lipinski definition) is 8. The number of fused-ring (bicyclic) bond motifs is 11. The van der Waals surface area contributed by atoms with E-state index in [1.54, 1.807) is 54.3 Å². The van der Waals surface area contributed by atoms with Crippen molar-refractivity contribution in [2.45, 2.75) is 426 Å². The molecule has 4 nitrogen and oxygen atoms in total. The van der Waals surface area contributed by atoms with Gasteiger partial charge in [0.2, 0.25) is 0 Å². The molecule has 4 heterocycles. The van der Waals surface area contributed by atoms with Crippen molar-refractivity contribution < 1.29 is 0 Å². The number of nitrogens with zero attached hydrogens (tertiary/aromatic N) is 4. The largest absolute Gasteiger partial charge is 0.173 e. The molecule has 0 unspecified atom stereocenters. The monoisotopic (exact) mass is 1400 g/mol. The van der Waals surface area contributed by atoms with Crippen LogP contribution in [0, 0.1) is 27.7 Å². The van der Waals surface area contributed by atoms with Crippen molar-refractivity contribution in [3.63, 3.8) is 0 Å². The van der Waals surface area contributed by atoms with E-state index in [0.29, 0.717) is 0 Å². The molecular formula is C90H140N4S4. The summed E-state index contributed by atoms with van der Waals surface area (Å²) in [5.41, 5.74) is 20.1. The van der Waals surface area contributed by atoms with E-state index in [-0.39, 0.29) is 10.8 Å². The fourth-order valence-electron chi connectivity index (χ4n) is 18.6. The highest BCUT2D eigenvalue weighted by Crippen LogP contribution is 2.67. The van der Waals surface area contributed by atoms with Gasteiger partial charge in [0, 0.05) is 46.7 Å². The number of aryl methyl sites for hydroxylation is 2. The van der Waals surface area contributed by atoms with E-state index in [9.17, 15) is 0 Å². The van der Waals surface area contributed by atoms with Crippen LogP contribution in [0.25, 0.3) is 64.2 Å². The maximum absolute atomic E-state index is 5.22. The Balaban J connectivity index is 1.06. The van der Waals surface area contributed by atoms with Crippen molar-refractivity contribution in [1.82, 2.24) is 17.5 Å². The van der Waals surface area contributed by atoms with Crippen LogP contribution in [0.15, 0.2) is 24.3 Å². The lowest BCUT2D eigenvalue weighted by Gasteiger charge is -2.37. The quantitative estimate of drug-likeness (QED) is 0.0357. The third kappa shape index (κ3) is 21.1. The summed E-state index contributed by atoms with van der Waals surface area (Å²) in [5, 5.41) is 2.34. The minimum absolute atomic E-state index is 0.0415. The summed E-state index contributed by atoms with van der Waals surface area (Å²) in [6.45, 7) is 19.3. The van der Waals surface area contributed by atoms with Gasteiger partial charge in [-0.25, -0.2) is 0 Å². The number of unbranched alkanes of at least 4 members (excludes halogenated alkanes) is 48. The van der Waals surface area contributed by atoms with Gasteiger partial charge in [-0.2, -0.15) is 17.5 Å². The van der Waals surface area contributed by atoms with Crippen LogP contribution in [-0.2, 0) is 10.8 Å². The summed E-state index contributed by atoms with van der Waals surface area (Å²) in [4.78, 5) is 6.14. The number of benzene rings is 3. The van der Waals surface area contributed by atoms with Crippen molar-refractivity contribution in [1.29, 1.82) is 0 Å². The Morgan fingerprint density at radius 2 is 0.561 bits per heavy atom. The predicted molar refractivity (Wildman–Crippen MR) is 440 cm³/mol. The van der Waals surface area contributed by atoms with Gasteiger partial charge in [-0.1, -0.05) is 362 Å². The first-order valence-electron chi connectivity index (χ1n) is 42.5. The Bertz CT molecular complexity index is 3330. The number of hydrogen-bond donors (Lipinski definition) is 0. The highest BCUT2D eigenvalue weighted by molar-refractivity contribution is 7.19. The third-order valence-electron chi connectivity index (χ3n) is 24.2. The molecule has 0 amide bonds. The number of thiophene rings is 2. The normalized spacial score (nSPS) is 13.7. The lowest BCUT2D eigenvalue weighted by molar-refractivity contribution is 0.392. The van der Waals surface area contributed by atoms with Gasteiger partial charge < -0.3 is 0 Å². The van der Waals surface area contributed by atoms with E-state index < -0.39 is 0 Å². The smallest absolute Gasteiger partial charge is 0.114 e. The maximum atomic E-state index is 5.22. The fraction of sp³-hybridized carbons (Fsp3) is 0.733. The molecule has 0 saturated carbocycles. The van der Waals surface area contributed by atoms with Crippen LogP contribution in [0.3, 0.4) is 0 Å². The van der Waals surface area contributed by atoms with Crippen LogP contribution in [0.2, 0.25) is 0 Å².